The van der Waals surface area contributed by atoms with E-state index in [9.17, 15) is 20.1 Å². The molecule has 0 fully saturated rings. The summed E-state index contributed by atoms with van der Waals surface area (Å²) in [6.45, 7) is 5.49. The lowest BCUT2D eigenvalue weighted by atomic mass is 9.86. The van der Waals surface area contributed by atoms with Crippen molar-refractivity contribution in [3.05, 3.63) is 28.3 Å². The van der Waals surface area contributed by atoms with Gasteiger partial charge in [-0.05, 0) is 36.5 Å². The molecule has 0 bridgehead atoms. The molecule has 0 aliphatic carbocycles. The smallest absolute Gasteiger partial charge is 0.337 e. The van der Waals surface area contributed by atoms with Crippen LogP contribution >= 0.6 is 0 Å². The molecule has 0 aliphatic rings. The van der Waals surface area contributed by atoms with Crippen LogP contribution in [0.25, 0.3) is 0 Å². The zero-order valence-corrected chi connectivity index (χ0v) is 12.2. The maximum Gasteiger partial charge on any atom is 0.337 e. The molecule has 2 unspecified atom stereocenters. The number of benzene rings is 1. The van der Waals surface area contributed by atoms with Crippen LogP contribution in [0.5, 0.6) is 0 Å². The summed E-state index contributed by atoms with van der Waals surface area (Å²) in [6, 6.07) is 1.50. The molecule has 0 saturated heterocycles. The highest BCUT2D eigenvalue weighted by molar-refractivity contribution is 5.95. The van der Waals surface area contributed by atoms with Crippen molar-refractivity contribution < 1.29 is 20.1 Å². The topological polar surface area (TPSA) is 104 Å². The molecule has 5 heteroatoms. The van der Waals surface area contributed by atoms with Crippen LogP contribution in [0, 0.1) is 0 Å². The highest BCUT2D eigenvalue weighted by atomic mass is 16.4. The van der Waals surface area contributed by atoms with E-state index in [0.717, 1.165) is 0 Å². The first kappa shape index (κ1) is 16.5. The number of nitrogens with two attached hydrogens (primary N) is 1. The van der Waals surface area contributed by atoms with Crippen LogP contribution in [-0.4, -0.2) is 21.3 Å². The minimum absolute atomic E-state index is 0.0172. The van der Waals surface area contributed by atoms with Crippen molar-refractivity contribution >= 4 is 11.7 Å². The van der Waals surface area contributed by atoms with Crippen LogP contribution in [0.1, 0.15) is 72.9 Å². The number of rotatable bonds is 6. The van der Waals surface area contributed by atoms with E-state index in [0.29, 0.717) is 36.0 Å². The maximum atomic E-state index is 11.3. The number of aryl methyl sites for hydroxylation is 1. The number of carboxylic acid groups (broad SMARTS) is 1. The number of nitrogen functional groups attached to an aromatic ring is 1. The minimum Gasteiger partial charge on any atom is -0.478 e. The van der Waals surface area contributed by atoms with Crippen LogP contribution in [0.2, 0.25) is 0 Å². The van der Waals surface area contributed by atoms with Crippen molar-refractivity contribution in [3.8, 4) is 0 Å². The lowest BCUT2D eigenvalue weighted by Crippen LogP contribution is -2.16. The molecule has 5 nitrogen and oxygen atoms in total. The molecule has 2 atom stereocenters. The molecule has 1 rings (SSSR count). The van der Waals surface area contributed by atoms with Crippen LogP contribution in [-0.2, 0) is 6.42 Å². The third kappa shape index (κ3) is 2.94. The number of aliphatic hydroxyl groups excluding tert-OH is 2. The first-order valence-electron chi connectivity index (χ1n) is 6.93. The molecule has 112 valence electrons. The molecule has 1 aromatic rings. The normalized spacial score (nSPS) is 14.1. The summed E-state index contributed by atoms with van der Waals surface area (Å²) in [6.07, 6.45) is -0.194. The number of carbonyl (C=O) groups is 1. The van der Waals surface area contributed by atoms with E-state index in [1.54, 1.807) is 6.92 Å². The van der Waals surface area contributed by atoms with Gasteiger partial charge in [-0.1, -0.05) is 20.8 Å². The fraction of sp³-hybridized carbons (Fsp3) is 0.533. The van der Waals surface area contributed by atoms with Crippen LogP contribution < -0.4 is 5.73 Å². The van der Waals surface area contributed by atoms with Crippen LogP contribution in [0.3, 0.4) is 0 Å². The fourth-order valence-corrected chi connectivity index (χ4v) is 2.42. The number of hydrogen-bond acceptors (Lipinski definition) is 4. The van der Waals surface area contributed by atoms with Crippen LogP contribution in [0.4, 0.5) is 5.69 Å². The number of aliphatic hydroxyl groups is 2. The first-order chi connectivity index (χ1) is 9.38. The van der Waals surface area contributed by atoms with Crippen molar-refractivity contribution in [1.29, 1.82) is 0 Å². The van der Waals surface area contributed by atoms with Crippen molar-refractivity contribution in [2.45, 2.75) is 52.2 Å². The van der Waals surface area contributed by atoms with E-state index in [4.69, 9.17) is 5.73 Å². The van der Waals surface area contributed by atoms with E-state index in [-0.39, 0.29) is 11.3 Å². The average molecular weight is 281 g/mol. The minimum atomic E-state index is -1.13. The Morgan fingerprint density at radius 3 is 2.05 bits per heavy atom. The largest absolute Gasteiger partial charge is 0.478 e. The number of hydrogen-bond donors (Lipinski definition) is 4. The van der Waals surface area contributed by atoms with Crippen molar-refractivity contribution in [2.24, 2.45) is 0 Å². The van der Waals surface area contributed by atoms with Crippen molar-refractivity contribution in [2.75, 3.05) is 5.73 Å². The highest BCUT2D eigenvalue weighted by Gasteiger charge is 2.26. The fourth-order valence-electron chi connectivity index (χ4n) is 2.42. The van der Waals surface area contributed by atoms with Gasteiger partial charge in [0.1, 0.15) is 0 Å². The van der Waals surface area contributed by atoms with Gasteiger partial charge in [0.15, 0.2) is 0 Å². The summed E-state index contributed by atoms with van der Waals surface area (Å²) in [5.74, 6) is -1.13. The Hall–Kier alpha value is -1.59. The van der Waals surface area contributed by atoms with Gasteiger partial charge in [-0.15, -0.1) is 0 Å². The summed E-state index contributed by atoms with van der Waals surface area (Å²) in [7, 11) is 0. The molecule has 5 N–H and O–H groups in total. The van der Waals surface area contributed by atoms with E-state index < -0.39 is 18.2 Å². The van der Waals surface area contributed by atoms with E-state index in [2.05, 4.69) is 0 Å². The average Bonchev–Trinajstić information content (AvgIpc) is 2.44. The Bertz CT molecular complexity index is 499. The Balaban J connectivity index is 3.70. The molecule has 0 heterocycles. The molecule has 0 saturated carbocycles. The van der Waals surface area contributed by atoms with Gasteiger partial charge < -0.3 is 21.1 Å². The van der Waals surface area contributed by atoms with Crippen LogP contribution in [0.15, 0.2) is 6.07 Å². The van der Waals surface area contributed by atoms with Gasteiger partial charge >= 0.3 is 5.97 Å². The van der Waals surface area contributed by atoms with Gasteiger partial charge in [0.2, 0.25) is 0 Å². The molecule has 0 aromatic heterocycles. The molecule has 0 amide bonds. The number of anilines is 1. The monoisotopic (exact) mass is 281 g/mol. The standard InChI is InChI=1S/C15H23NO4/c1-4-8-7-9(15(19)20)14(16)13(11(18)6-3)12(8)10(17)5-2/h7,10-11,17-18H,4-6,16H2,1-3H3,(H,19,20). The van der Waals surface area contributed by atoms with Gasteiger partial charge in [-0.25, -0.2) is 4.79 Å². The number of carboxylic acids is 1. The lowest BCUT2D eigenvalue weighted by Gasteiger charge is -2.24. The second-order valence-corrected chi connectivity index (χ2v) is 4.83. The van der Waals surface area contributed by atoms with Gasteiger partial charge in [0.05, 0.1) is 23.5 Å². The Morgan fingerprint density at radius 1 is 1.15 bits per heavy atom. The third-order valence-corrected chi connectivity index (χ3v) is 3.59. The van der Waals surface area contributed by atoms with Crippen molar-refractivity contribution in [1.82, 2.24) is 0 Å². The maximum absolute atomic E-state index is 11.3. The molecular formula is C15H23NO4. The summed E-state index contributed by atoms with van der Waals surface area (Å²) in [5, 5.41) is 29.6. The second kappa shape index (κ2) is 6.72. The van der Waals surface area contributed by atoms with Gasteiger partial charge in [-0.3, -0.25) is 0 Å². The van der Waals surface area contributed by atoms with Gasteiger partial charge in [-0.2, -0.15) is 0 Å². The predicted molar refractivity (Wildman–Crippen MR) is 77.7 cm³/mol. The molecule has 1 aromatic carbocycles. The second-order valence-electron chi connectivity index (χ2n) is 4.83. The Labute approximate surface area is 119 Å². The Morgan fingerprint density at radius 2 is 1.65 bits per heavy atom. The highest BCUT2D eigenvalue weighted by Crippen LogP contribution is 2.37. The van der Waals surface area contributed by atoms with Gasteiger partial charge in [0.25, 0.3) is 0 Å². The molecule has 0 aliphatic heterocycles. The summed E-state index contributed by atoms with van der Waals surface area (Å²) < 4.78 is 0. The van der Waals surface area contributed by atoms with E-state index in [1.165, 1.54) is 6.07 Å². The molecule has 0 spiro atoms. The third-order valence-electron chi connectivity index (χ3n) is 3.59. The number of aromatic carboxylic acids is 1. The summed E-state index contributed by atoms with van der Waals surface area (Å²) >= 11 is 0. The molecular weight excluding hydrogens is 258 g/mol. The summed E-state index contributed by atoms with van der Waals surface area (Å²) in [5.41, 5.74) is 7.61. The zero-order valence-electron chi connectivity index (χ0n) is 12.2. The lowest BCUT2D eigenvalue weighted by molar-refractivity contribution is 0.0697. The Kier molecular flexibility index (Phi) is 5.53. The van der Waals surface area contributed by atoms with Crippen molar-refractivity contribution in [3.63, 3.8) is 0 Å². The SMILES string of the molecule is CCc1cc(C(=O)O)c(N)c(C(O)CC)c1C(O)CC. The first-order valence-corrected chi connectivity index (χ1v) is 6.93. The summed E-state index contributed by atoms with van der Waals surface area (Å²) in [4.78, 5) is 11.3. The quantitative estimate of drug-likeness (QED) is 0.599. The molecule has 0 radical (unpaired) electrons. The predicted octanol–water partition coefficient (Wildman–Crippen LogP) is 2.42. The van der Waals surface area contributed by atoms with E-state index >= 15 is 0 Å². The van der Waals surface area contributed by atoms with E-state index in [1.807, 2.05) is 13.8 Å². The van der Waals surface area contributed by atoms with Gasteiger partial charge in [0, 0.05) is 5.56 Å². The molecule has 20 heavy (non-hydrogen) atoms. The zero-order chi connectivity index (χ0) is 15.4.